The van der Waals surface area contributed by atoms with Crippen LogP contribution < -0.4 is 4.74 Å². The zero-order valence-electron chi connectivity index (χ0n) is 18.3. The average molecular weight is 420 g/mol. The number of hydrogen-bond donors (Lipinski definition) is 0. The van der Waals surface area contributed by atoms with Crippen molar-refractivity contribution in [2.45, 2.75) is 13.8 Å². The third-order valence-corrected chi connectivity index (χ3v) is 6.33. The van der Waals surface area contributed by atoms with Crippen molar-refractivity contribution in [2.24, 2.45) is 0 Å². The lowest BCUT2D eigenvalue weighted by Crippen LogP contribution is -2.47. The lowest BCUT2D eigenvalue weighted by Gasteiger charge is -2.38. The minimum Gasteiger partial charge on any atom is -0.456 e. The Hall–Kier alpha value is -2.99. The van der Waals surface area contributed by atoms with E-state index in [2.05, 4.69) is 66.1 Å². The van der Waals surface area contributed by atoms with Crippen LogP contribution in [0.15, 0.2) is 36.4 Å². The van der Waals surface area contributed by atoms with E-state index in [1.165, 1.54) is 16.8 Å². The topological polar surface area (TPSA) is 45.2 Å². The molecule has 2 saturated heterocycles. The van der Waals surface area contributed by atoms with Gasteiger partial charge in [0.15, 0.2) is 0 Å². The van der Waals surface area contributed by atoms with Crippen LogP contribution in [0, 0.1) is 13.8 Å². The second-order valence-corrected chi connectivity index (χ2v) is 8.60. The first-order valence-corrected chi connectivity index (χ1v) is 11.1. The Morgan fingerprint density at radius 1 is 0.871 bits per heavy atom. The average Bonchev–Trinajstić information content (AvgIpc) is 3.11. The Kier molecular flexibility index (Phi) is 5.32. The molecule has 0 N–H and O–H groups in total. The summed E-state index contributed by atoms with van der Waals surface area (Å²) >= 11 is 0. The summed E-state index contributed by atoms with van der Waals surface area (Å²) in [5, 5.41) is 0. The molecule has 0 spiro atoms. The van der Waals surface area contributed by atoms with Crippen molar-refractivity contribution < 1.29 is 14.3 Å². The Balaban J connectivity index is 1.35. The summed E-state index contributed by atoms with van der Waals surface area (Å²) < 4.78 is 11.4. The molecule has 2 aromatic carbocycles. The number of aryl methyl sites for hydroxylation is 2. The first-order valence-electron chi connectivity index (χ1n) is 11.1. The summed E-state index contributed by atoms with van der Waals surface area (Å²) in [6.07, 6.45) is 2.10. The molecule has 5 rings (SSSR count). The van der Waals surface area contributed by atoms with Gasteiger partial charge in [-0.15, -0.1) is 0 Å². The maximum Gasteiger partial charge on any atom is 0.409 e. The Morgan fingerprint density at radius 3 is 2.35 bits per heavy atom. The van der Waals surface area contributed by atoms with Crippen LogP contribution in [0.4, 0.5) is 4.79 Å². The molecule has 3 heterocycles. The number of piperazine rings is 1. The second kappa shape index (κ2) is 8.27. The van der Waals surface area contributed by atoms with E-state index < -0.39 is 0 Å². The standard InChI is InChI=1S/C25H29N3O3/c1-18-3-5-23-20(15-18)17-22(21-16-19(2)4-6-24(21)31-23)27-10-7-26(8-11-27)9-12-28-13-14-30-25(28)29/h3-6,15-17H,7-14H2,1-2H3. The largest absolute Gasteiger partial charge is 0.456 e. The minimum atomic E-state index is -0.178. The zero-order chi connectivity index (χ0) is 21.4. The molecular formula is C25H29N3O3. The molecule has 3 aliphatic heterocycles. The van der Waals surface area contributed by atoms with Crippen molar-refractivity contribution >= 4 is 17.9 Å². The number of ether oxygens (including phenoxy) is 2. The summed E-state index contributed by atoms with van der Waals surface area (Å²) in [7, 11) is 0. The summed E-state index contributed by atoms with van der Waals surface area (Å²) in [5.41, 5.74) is 5.96. The SMILES string of the molecule is Cc1ccc2c(c1)C=C(N1CCN(CCN3CCOC3=O)CC1)c1cc(C)ccc1O2. The van der Waals surface area contributed by atoms with E-state index in [4.69, 9.17) is 9.47 Å². The third kappa shape index (κ3) is 4.12. The summed E-state index contributed by atoms with van der Waals surface area (Å²) in [6, 6.07) is 12.8. The molecule has 2 aromatic rings. The van der Waals surface area contributed by atoms with Crippen LogP contribution in [-0.4, -0.2) is 73.2 Å². The van der Waals surface area contributed by atoms with Crippen LogP contribution in [0.2, 0.25) is 0 Å². The van der Waals surface area contributed by atoms with E-state index in [1.54, 1.807) is 4.90 Å². The van der Waals surface area contributed by atoms with Gasteiger partial charge in [-0.3, -0.25) is 4.90 Å². The molecule has 3 aliphatic rings. The molecule has 6 nitrogen and oxygen atoms in total. The molecule has 0 atom stereocenters. The van der Waals surface area contributed by atoms with Gasteiger partial charge in [0.05, 0.1) is 6.54 Å². The second-order valence-electron chi connectivity index (χ2n) is 8.60. The lowest BCUT2D eigenvalue weighted by atomic mass is 10.0. The number of amides is 1. The van der Waals surface area contributed by atoms with Crippen LogP contribution in [0.1, 0.15) is 22.3 Å². The molecule has 0 bridgehead atoms. The summed E-state index contributed by atoms with van der Waals surface area (Å²) in [5.74, 6) is 1.82. The van der Waals surface area contributed by atoms with E-state index in [9.17, 15) is 4.79 Å². The van der Waals surface area contributed by atoms with Crippen molar-refractivity contribution in [3.8, 4) is 11.5 Å². The predicted molar refractivity (Wildman–Crippen MR) is 121 cm³/mol. The van der Waals surface area contributed by atoms with Crippen molar-refractivity contribution in [3.63, 3.8) is 0 Å². The fraction of sp³-hybridized carbons (Fsp3) is 0.400. The van der Waals surface area contributed by atoms with Crippen molar-refractivity contribution in [1.82, 2.24) is 14.7 Å². The number of cyclic esters (lactones) is 1. The van der Waals surface area contributed by atoms with Gasteiger partial charge in [0.1, 0.15) is 18.1 Å². The number of carbonyl (C=O) groups is 1. The highest BCUT2D eigenvalue weighted by atomic mass is 16.6. The highest BCUT2D eigenvalue weighted by Gasteiger charge is 2.26. The van der Waals surface area contributed by atoms with Crippen molar-refractivity contribution in [1.29, 1.82) is 0 Å². The van der Waals surface area contributed by atoms with Crippen molar-refractivity contribution in [3.05, 3.63) is 58.7 Å². The molecule has 6 heteroatoms. The van der Waals surface area contributed by atoms with Crippen LogP contribution in [0.5, 0.6) is 11.5 Å². The Labute approximate surface area is 183 Å². The van der Waals surface area contributed by atoms with Crippen molar-refractivity contribution in [2.75, 3.05) is 52.4 Å². The maximum atomic E-state index is 11.7. The van der Waals surface area contributed by atoms with Crippen LogP contribution >= 0.6 is 0 Å². The predicted octanol–water partition coefficient (Wildman–Crippen LogP) is 3.98. The van der Waals surface area contributed by atoms with E-state index in [1.807, 2.05) is 0 Å². The molecule has 0 saturated carbocycles. The maximum absolute atomic E-state index is 11.7. The minimum absolute atomic E-state index is 0.178. The molecule has 0 unspecified atom stereocenters. The van der Waals surface area contributed by atoms with Crippen LogP contribution in [0.3, 0.4) is 0 Å². The molecular weight excluding hydrogens is 390 g/mol. The zero-order valence-corrected chi connectivity index (χ0v) is 18.3. The van der Waals surface area contributed by atoms with Gasteiger partial charge in [0.2, 0.25) is 0 Å². The van der Waals surface area contributed by atoms with Crippen LogP contribution in [-0.2, 0) is 4.74 Å². The first-order chi connectivity index (χ1) is 15.1. The Bertz CT molecular complexity index is 1020. The fourth-order valence-electron chi connectivity index (χ4n) is 4.52. The molecule has 162 valence electrons. The highest BCUT2D eigenvalue weighted by molar-refractivity contribution is 5.86. The number of nitrogens with zero attached hydrogens (tertiary/aromatic N) is 3. The molecule has 0 aromatic heterocycles. The van der Waals surface area contributed by atoms with E-state index in [-0.39, 0.29) is 6.09 Å². The van der Waals surface area contributed by atoms with Gasteiger partial charge in [-0.2, -0.15) is 0 Å². The first kappa shape index (κ1) is 19.9. The Morgan fingerprint density at radius 2 is 1.61 bits per heavy atom. The molecule has 2 fully saturated rings. The quantitative estimate of drug-likeness (QED) is 0.750. The highest BCUT2D eigenvalue weighted by Crippen LogP contribution is 2.40. The summed E-state index contributed by atoms with van der Waals surface area (Å²) in [4.78, 5) is 18.4. The van der Waals surface area contributed by atoms with Gasteiger partial charge in [0.25, 0.3) is 0 Å². The van der Waals surface area contributed by atoms with Gasteiger partial charge >= 0.3 is 6.09 Å². The smallest absolute Gasteiger partial charge is 0.409 e. The number of fused-ring (bicyclic) bond motifs is 2. The molecule has 31 heavy (non-hydrogen) atoms. The van der Waals surface area contributed by atoms with E-state index in [0.717, 1.165) is 61.9 Å². The lowest BCUT2D eigenvalue weighted by molar-refractivity contribution is 0.142. The van der Waals surface area contributed by atoms with Gasteiger partial charge < -0.3 is 19.3 Å². The number of carbonyl (C=O) groups excluding carboxylic acids is 1. The number of rotatable bonds is 4. The molecule has 0 aliphatic carbocycles. The van der Waals surface area contributed by atoms with Gasteiger partial charge in [0, 0.05) is 56.1 Å². The van der Waals surface area contributed by atoms with Gasteiger partial charge in [-0.1, -0.05) is 23.3 Å². The van der Waals surface area contributed by atoms with Crippen LogP contribution in [0.25, 0.3) is 11.8 Å². The van der Waals surface area contributed by atoms with E-state index >= 15 is 0 Å². The number of benzene rings is 2. The third-order valence-electron chi connectivity index (χ3n) is 6.33. The number of hydrogen-bond acceptors (Lipinski definition) is 5. The fourth-order valence-corrected chi connectivity index (χ4v) is 4.52. The normalized spacial score (nSPS) is 18.6. The van der Waals surface area contributed by atoms with E-state index in [0.29, 0.717) is 13.2 Å². The summed E-state index contributed by atoms with van der Waals surface area (Å²) in [6.45, 7) is 10.9. The van der Waals surface area contributed by atoms with Gasteiger partial charge in [-0.05, 0) is 44.2 Å². The molecule has 0 radical (unpaired) electrons. The monoisotopic (exact) mass is 419 g/mol. The van der Waals surface area contributed by atoms with Gasteiger partial charge in [-0.25, -0.2) is 4.79 Å². The molecule has 1 amide bonds.